The number of carbonyl (C=O) groups is 1. The van der Waals surface area contributed by atoms with Crippen LogP contribution in [0.5, 0.6) is 0 Å². The quantitative estimate of drug-likeness (QED) is 0.298. The van der Waals surface area contributed by atoms with Crippen molar-refractivity contribution in [2.45, 2.75) is 76.3 Å². The van der Waals surface area contributed by atoms with Crippen molar-refractivity contribution in [1.29, 1.82) is 0 Å². The second kappa shape index (κ2) is 13.1. The van der Waals surface area contributed by atoms with E-state index in [-0.39, 0.29) is 17.7 Å². The van der Waals surface area contributed by atoms with Gasteiger partial charge in [0.05, 0.1) is 5.69 Å². The minimum absolute atomic E-state index is 0.142. The topological polar surface area (TPSA) is 61.6 Å². The normalized spacial score (nSPS) is 23.2. The van der Waals surface area contributed by atoms with Crippen LogP contribution in [-0.2, 0) is 17.8 Å². The van der Waals surface area contributed by atoms with Crippen molar-refractivity contribution >= 4 is 5.97 Å². The molecular weight excluding hydrogens is 527 g/mol. The second-order valence-electron chi connectivity index (χ2n) is 12.9. The van der Waals surface area contributed by atoms with Crippen LogP contribution >= 0.6 is 0 Å². The van der Waals surface area contributed by atoms with Gasteiger partial charge < -0.3 is 10.0 Å². The van der Waals surface area contributed by atoms with E-state index >= 15 is 0 Å². The first-order valence-electron chi connectivity index (χ1n) is 16.0. The lowest BCUT2D eigenvalue weighted by Crippen LogP contribution is -2.43. The zero-order valence-electron chi connectivity index (χ0n) is 24.9. The molecule has 2 aromatic carbocycles. The van der Waals surface area contributed by atoms with E-state index in [1.165, 1.54) is 23.7 Å². The number of carboxylic acids is 1. The van der Waals surface area contributed by atoms with Crippen LogP contribution in [0.3, 0.4) is 0 Å². The van der Waals surface area contributed by atoms with Gasteiger partial charge in [-0.3, -0.25) is 14.4 Å². The highest BCUT2D eigenvalue weighted by atomic mass is 19.1. The van der Waals surface area contributed by atoms with Crippen LogP contribution in [0.15, 0.2) is 60.7 Å². The minimum Gasteiger partial charge on any atom is -0.480 e. The van der Waals surface area contributed by atoms with Gasteiger partial charge in [0.15, 0.2) is 0 Å². The second-order valence-corrected chi connectivity index (χ2v) is 12.9. The lowest BCUT2D eigenvalue weighted by Gasteiger charge is -2.35. The largest absolute Gasteiger partial charge is 0.480 e. The number of hydrogen-bond donors (Lipinski definition) is 1. The molecule has 0 radical (unpaired) electrons. The molecule has 2 aliphatic heterocycles. The van der Waals surface area contributed by atoms with Crippen molar-refractivity contribution < 1.29 is 14.3 Å². The zero-order valence-corrected chi connectivity index (χ0v) is 24.9. The van der Waals surface area contributed by atoms with Gasteiger partial charge in [-0.15, -0.1) is 0 Å². The number of likely N-dealkylation sites (tertiary alicyclic amines) is 2. The Morgan fingerprint density at radius 3 is 2.48 bits per heavy atom. The van der Waals surface area contributed by atoms with Gasteiger partial charge in [0, 0.05) is 50.1 Å². The summed E-state index contributed by atoms with van der Waals surface area (Å²) in [5.74, 6) is 0.529. The van der Waals surface area contributed by atoms with E-state index in [0.29, 0.717) is 18.4 Å². The number of piperidine rings is 1. The highest BCUT2D eigenvalue weighted by Gasteiger charge is 2.41. The molecule has 3 heterocycles. The Hall–Kier alpha value is -3.03. The summed E-state index contributed by atoms with van der Waals surface area (Å²) in [6.45, 7) is 7.46. The fourth-order valence-corrected chi connectivity index (χ4v) is 7.61. The van der Waals surface area contributed by atoms with E-state index in [4.69, 9.17) is 5.10 Å². The molecule has 3 atom stereocenters. The lowest BCUT2D eigenvalue weighted by molar-refractivity contribution is -0.144. The number of halogens is 1. The van der Waals surface area contributed by atoms with E-state index in [9.17, 15) is 14.3 Å². The van der Waals surface area contributed by atoms with Crippen molar-refractivity contribution in [3.8, 4) is 0 Å². The number of aliphatic carboxylic acids is 1. The monoisotopic (exact) mass is 572 g/mol. The van der Waals surface area contributed by atoms with Crippen LogP contribution < -0.4 is 0 Å². The van der Waals surface area contributed by atoms with Gasteiger partial charge in [0.1, 0.15) is 11.9 Å². The Kier molecular flexibility index (Phi) is 9.06. The fraction of sp³-hybridized carbons (Fsp3) is 0.543. The third-order valence-electron chi connectivity index (χ3n) is 10.1. The number of rotatable bonds is 11. The first kappa shape index (κ1) is 29.1. The van der Waals surface area contributed by atoms with E-state index in [2.05, 4.69) is 57.8 Å². The van der Waals surface area contributed by atoms with Crippen LogP contribution in [0.2, 0.25) is 0 Å². The predicted octanol–water partition coefficient (Wildman–Crippen LogP) is 6.17. The zero-order chi connectivity index (χ0) is 29.1. The molecule has 0 bridgehead atoms. The van der Waals surface area contributed by atoms with E-state index in [0.717, 1.165) is 82.5 Å². The molecule has 3 fully saturated rings. The number of aryl methyl sites for hydroxylation is 1. The molecule has 1 saturated carbocycles. The molecule has 3 unspecified atom stereocenters. The van der Waals surface area contributed by atoms with Crippen LogP contribution in [0.25, 0.3) is 0 Å². The Morgan fingerprint density at radius 1 is 1.02 bits per heavy atom. The average Bonchev–Trinajstić information content (AvgIpc) is 3.57. The first-order valence-corrected chi connectivity index (χ1v) is 16.0. The molecule has 2 saturated heterocycles. The van der Waals surface area contributed by atoms with Gasteiger partial charge in [-0.1, -0.05) is 61.7 Å². The van der Waals surface area contributed by atoms with Crippen LogP contribution in [-0.4, -0.2) is 69.4 Å². The van der Waals surface area contributed by atoms with Crippen LogP contribution in [0, 0.1) is 17.7 Å². The molecule has 1 N–H and O–H groups in total. The van der Waals surface area contributed by atoms with Gasteiger partial charge in [-0.2, -0.15) is 5.10 Å². The molecule has 3 aromatic rings. The number of carboxylic acid groups (broad SMARTS) is 1. The number of benzene rings is 2. The molecule has 3 aliphatic rings. The number of aromatic nitrogens is 2. The standard InChI is InChI=1S/C35H45FN4O2/c1-2-40-33(21-31(37-40)18-25-8-4-3-5-9-25)27-14-16-38(17-15-27)22-29-23-39(34(35(41)42)19-26-10-6-11-26)24-32(29)28-12-7-13-30(36)20-28/h3-5,7-9,12-13,20-21,26-27,29,32,34H,2,6,10-11,14-19,22-24H2,1H3,(H,41,42). The van der Waals surface area contributed by atoms with Crippen LogP contribution in [0.4, 0.5) is 4.39 Å². The molecular formula is C35H45FN4O2. The summed E-state index contributed by atoms with van der Waals surface area (Å²) in [6.07, 6.45) is 7.29. The van der Waals surface area contributed by atoms with Crippen molar-refractivity contribution in [2.24, 2.45) is 11.8 Å². The van der Waals surface area contributed by atoms with Gasteiger partial charge in [0.2, 0.25) is 0 Å². The van der Waals surface area contributed by atoms with Crippen molar-refractivity contribution in [2.75, 3.05) is 32.7 Å². The molecule has 6 rings (SSSR count). The lowest BCUT2D eigenvalue weighted by atomic mass is 9.80. The summed E-state index contributed by atoms with van der Waals surface area (Å²) in [5.41, 5.74) is 4.78. The van der Waals surface area contributed by atoms with Crippen molar-refractivity contribution in [3.05, 3.63) is 89.0 Å². The minimum atomic E-state index is -0.708. The van der Waals surface area contributed by atoms with E-state index in [1.807, 2.05) is 6.07 Å². The molecule has 7 heteroatoms. The van der Waals surface area contributed by atoms with Gasteiger partial charge in [-0.25, -0.2) is 4.39 Å². The van der Waals surface area contributed by atoms with Crippen molar-refractivity contribution in [3.63, 3.8) is 0 Å². The molecule has 0 amide bonds. The smallest absolute Gasteiger partial charge is 0.320 e. The Bertz CT molecular complexity index is 1330. The summed E-state index contributed by atoms with van der Waals surface area (Å²) in [4.78, 5) is 17.1. The van der Waals surface area contributed by atoms with Gasteiger partial charge in [0.25, 0.3) is 0 Å². The molecule has 1 aliphatic carbocycles. The summed E-state index contributed by atoms with van der Waals surface area (Å²) in [5, 5.41) is 15.1. The maximum absolute atomic E-state index is 14.3. The predicted molar refractivity (Wildman–Crippen MR) is 163 cm³/mol. The Labute approximate surface area is 249 Å². The van der Waals surface area contributed by atoms with Crippen LogP contribution in [0.1, 0.15) is 79.8 Å². The van der Waals surface area contributed by atoms with Crippen molar-refractivity contribution in [1.82, 2.24) is 19.6 Å². The maximum Gasteiger partial charge on any atom is 0.320 e. The maximum atomic E-state index is 14.3. The molecule has 224 valence electrons. The summed E-state index contributed by atoms with van der Waals surface area (Å²) in [6, 6.07) is 19.4. The van der Waals surface area contributed by atoms with Gasteiger partial charge in [-0.05, 0) is 80.4 Å². The third kappa shape index (κ3) is 6.63. The number of nitrogens with zero attached hydrogens (tertiary/aromatic N) is 4. The summed E-state index contributed by atoms with van der Waals surface area (Å²) in [7, 11) is 0. The Balaban J connectivity index is 1.12. The summed E-state index contributed by atoms with van der Waals surface area (Å²) >= 11 is 0. The molecule has 1 aromatic heterocycles. The SMILES string of the molecule is CCn1nc(Cc2ccccc2)cc1C1CCN(CC2CN(C(CC3CCC3)C(=O)O)CC2c2cccc(F)c2)CC1. The number of hydrogen-bond acceptors (Lipinski definition) is 4. The highest BCUT2D eigenvalue weighted by Crippen LogP contribution is 2.39. The highest BCUT2D eigenvalue weighted by molar-refractivity contribution is 5.73. The average molecular weight is 573 g/mol. The third-order valence-corrected chi connectivity index (χ3v) is 10.1. The molecule has 6 nitrogen and oxygen atoms in total. The fourth-order valence-electron chi connectivity index (χ4n) is 7.61. The first-order chi connectivity index (χ1) is 20.5. The van der Waals surface area contributed by atoms with E-state index in [1.54, 1.807) is 12.1 Å². The Morgan fingerprint density at radius 2 is 1.81 bits per heavy atom. The van der Waals surface area contributed by atoms with E-state index < -0.39 is 12.0 Å². The summed E-state index contributed by atoms with van der Waals surface area (Å²) < 4.78 is 16.5. The molecule has 0 spiro atoms. The molecule has 42 heavy (non-hydrogen) atoms. The van der Waals surface area contributed by atoms with Gasteiger partial charge >= 0.3 is 5.97 Å².